The van der Waals surface area contributed by atoms with Crippen molar-refractivity contribution in [3.8, 4) is 11.8 Å². The number of carbonyl (C=O) groups is 1. The Balaban J connectivity index is 1.47. The number of likely N-dealkylation sites (tertiary alicyclic amines) is 1. The molecule has 1 amide bonds. The van der Waals surface area contributed by atoms with Gasteiger partial charge in [0.05, 0.1) is 13.7 Å². The Morgan fingerprint density at radius 3 is 2.80 bits per heavy atom. The van der Waals surface area contributed by atoms with Crippen molar-refractivity contribution >= 4 is 17.5 Å². The van der Waals surface area contributed by atoms with Crippen LogP contribution in [0.4, 0.5) is 0 Å². The number of aryl methyl sites for hydroxylation is 1. The Morgan fingerprint density at radius 2 is 2.08 bits per heavy atom. The Morgan fingerprint density at radius 1 is 1.28 bits per heavy atom. The van der Waals surface area contributed by atoms with Gasteiger partial charge < -0.3 is 14.4 Å². The molecule has 1 saturated heterocycles. The number of amides is 1. The number of aromatic nitrogens is 2. The number of halogens is 1. The van der Waals surface area contributed by atoms with Crippen molar-refractivity contribution in [1.29, 1.82) is 0 Å². The predicted octanol–water partition coefficient (Wildman–Crippen LogP) is 2.75. The second-order valence-corrected chi connectivity index (χ2v) is 6.35. The molecule has 2 heterocycles. The van der Waals surface area contributed by atoms with Gasteiger partial charge in [0.15, 0.2) is 0 Å². The Labute approximate surface area is 151 Å². The fourth-order valence-electron chi connectivity index (χ4n) is 2.80. The maximum atomic E-state index is 12.4. The molecule has 6 nitrogen and oxygen atoms in total. The van der Waals surface area contributed by atoms with E-state index < -0.39 is 0 Å². The van der Waals surface area contributed by atoms with E-state index in [-0.39, 0.29) is 12.0 Å². The second kappa shape index (κ2) is 8.16. The van der Waals surface area contributed by atoms with Gasteiger partial charge in [-0.15, -0.1) is 10.2 Å². The maximum Gasteiger partial charge on any atom is 0.233 e. The number of ether oxygens (including phenoxy) is 2. The monoisotopic (exact) mass is 361 g/mol. The summed E-state index contributed by atoms with van der Waals surface area (Å²) in [7, 11) is 1.54. The van der Waals surface area contributed by atoms with Gasteiger partial charge >= 0.3 is 0 Å². The lowest BCUT2D eigenvalue weighted by Gasteiger charge is -2.17. The summed E-state index contributed by atoms with van der Waals surface area (Å²) in [6.45, 7) is 1.27. The van der Waals surface area contributed by atoms with Crippen LogP contribution in [0.3, 0.4) is 0 Å². The van der Waals surface area contributed by atoms with E-state index in [0.29, 0.717) is 42.7 Å². The van der Waals surface area contributed by atoms with E-state index in [0.717, 1.165) is 12.0 Å². The molecule has 7 heteroatoms. The van der Waals surface area contributed by atoms with E-state index in [4.69, 9.17) is 21.1 Å². The summed E-state index contributed by atoms with van der Waals surface area (Å²) in [5.41, 5.74) is 1.07. The molecule has 132 valence electrons. The highest BCUT2D eigenvalue weighted by molar-refractivity contribution is 6.30. The van der Waals surface area contributed by atoms with Crippen molar-refractivity contribution in [2.45, 2.75) is 25.4 Å². The highest BCUT2D eigenvalue weighted by atomic mass is 35.5. The number of nitrogens with zero attached hydrogens (tertiary/aromatic N) is 3. The minimum Gasteiger partial charge on any atom is -0.480 e. The number of hydrogen-bond donors (Lipinski definition) is 0. The van der Waals surface area contributed by atoms with E-state index in [1.807, 2.05) is 29.2 Å². The molecule has 0 aliphatic carbocycles. The number of methoxy groups -OCH3 is 1. The molecule has 1 aromatic carbocycles. The highest BCUT2D eigenvalue weighted by Gasteiger charge is 2.27. The molecule has 0 saturated carbocycles. The standard InChI is InChI=1S/C18H20ClN3O3/c1-24-16-6-7-17(21-20-16)25-15-9-10-22(12-15)18(23)8-5-13-3-2-4-14(19)11-13/h2-4,6-7,11,15H,5,8-10,12H2,1H3. The Bertz CT molecular complexity index is 724. The molecule has 0 N–H and O–H groups in total. The molecular formula is C18H20ClN3O3. The number of hydrogen-bond acceptors (Lipinski definition) is 5. The van der Waals surface area contributed by atoms with Crippen LogP contribution < -0.4 is 9.47 Å². The number of benzene rings is 1. The number of rotatable bonds is 6. The van der Waals surface area contributed by atoms with E-state index in [1.165, 1.54) is 7.11 Å². The molecule has 1 aromatic heterocycles. The lowest BCUT2D eigenvalue weighted by Crippen LogP contribution is -2.31. The summed E-state index contributed by atoms with van der Waals surface area (Å²) in [6, 6.07) is 11.0. The van der Waals surface area contributed by atoms with Crippen LogP contribution in [0.1, 0.15) is 18.4 Å². The van der Waals surface area contributed by atoms with Crippen molar-refractivity contribution in [2.24, 2.45) is 0 Å². The molecule has 3 rings (SSSR count). The second-order valence-electron chi connectivity index (χ2n) is 5.91. The average molecular weight is 362 g/mol. The molecule has 1 unspecified atom stereocenters. The van der Waals surface area contributed by atoms with Gasteiger partial charge in [0.25, 0.3) is 0 Å². The predicted molar refractivity (Wildman–Crippen MR) is 94.0 cm³/mol. The first-order valence-corrected chi connectivity index (χ1v) is 8.58. The first-order chi connectivity index (χ1) is 12.1. The lowest BCUT2D eigenvalue weighted by molar-refractivity contribution is -0.130. The first-order valence-electron chi connectivity index (χ1n) is 8.20. The quantitative estimate of drug-likeness (QED) is 0.791. The van der Waals surface area contributed by atoms with Gasteiger partial charge in [-0.2, -0.15) is 0 Å². The minimum absolute atomic E-state index is 0.0576. The SMILES string of the molecule is COc1ccc(OC2CCN(C(=O)CCc3cccc(Cl)c3)C2)nn1. The fraction of sp³-hybridized carbons (Fsp3) is 0.389. The lowest BCUT2D eigenvalue weighted by atomic mass is 10.1. The Hall–Kier alpha value is -2.34. The third-order valence-electron chi connectivity index (χ3n) is 4.13. The zero-order valence-electron chi connectivity index (χ0n) is 14.0. The summed E-state index contributed by atoms with van der Waals surface area (Å²) in [6.07, 6.45) is 1.88. The van der Waals surface area contributed by atoms with Crippen LogP contribution in [0, 0.1) is 0 Å². The van der Waals surface area contributed by atoms with Crippen LogP contribution >= 0.6 is 11.6 Å². The van der Waals surface area contributed by atoms with Crippen LogP contribution in [0.15, 0.2) is 36.4 Å². The molecule has 0 radical (unpaired) electrons. The van der Waals surface area contributed by atoms with E-state index in [9.17, 15) is 4.79 Å². The largest absolute Gasteiger partial charge is 0.480 e. The van der Waals surface area contributed by atoms with Gasteiger partial charge in [-0.1, -0.05) is 23.7 Å². The van der Waals surface area contributed by atoms with Gasteiger partial charge in [-0.3, -0.25) is 4.79 Å². The zero-order chi connectivity index (χ0) is 17.6. The summed E-state index contributed by atoms with van der Waals surface area (Å²) in [5.74, 6) is 1.02. The third kappa shape index (κ3) is 4.82. The Kier molecular flexibility index (Phi) is 5.71. The van der Waals surface area contributed by atoms with Crippen LogP contribution in [0.5, 0.6) is 11.8 Å². The molecule has 1 aliphatic rings. The molecule has 0 bridgehead atoms. The topological polar surface area (TPSA) is 64.6 Å². The molecule has 0 spiro atoms. The van der Waals surface area contributed by atoms with Crippen molar-refractivity contribution in [3.05, 3.63) is 47.0 Å². The van der Waals surface area contributed by atoms with Crippen molar-refractivity contribution in [2.75, 3.05) is 20.2 Å². The van der Waals surface area contributed by atoms with E-state index in [2.05, 4.69) is 10.2 Å². The number of carbonyl (C=O) groups excluding carboxylic acids is 1. The maximum absolute atomic E-state index is 12.4. The molecule has 1 fully saturated rings. The highest BCUT2D eigenvalue weighted by Crippen LogP contribution is 2.19. The van der Waals surface area contributed by atoms with Gasteiger partial charge in [-0.25, -0.2) is 0 Å². The van der Waals surface area contributed by atoms with Crippen LogP contribution in [0.2, 0.25) is 5.02 Å². The van der Waals surface area contributed by atoms with Gasteiger partial charge in [0.1, 0.15) is 6.10 Å². The summed E-state index contributed by atoms with van der Waals surface area (Å²) >= 11 is 5.97. The van der Waals surface area contributed by atoms with Gasteiger partial charge in [0.2, 0.25) is 17.7 Å². The van der Waals surface area contributed by atoms with E-state index >= 15 is 0 Å². The molecular weight excluding hydrogens is 342 g/mol. The molecule has 25 heavy (non-hydrogen) atoms. The zero-order valence-corrected chi connectivity index (χ0v) is 14.8. The molecule has 2 aromatic rings. The molecule has 1 atom stereocenters. The summed E-state index contributed by atoms with van der Waals surface area (Å²) in [4.78, 5) is 14.2. The summed E-state index contributed by atoms with van der Waals surface area (Å²) in [5, 5.41) is 8.52. The normalized spacial score (nSPS) is 16.7. The minimum atomic E-state index is -0.0576. The van der Waals surface area contributed by atoms with Crippen LogP contribution in [-0.4, -0.2) is 47.3 Å². The average Bonchev–Trinajstić information content (AvgIpc) is 3.09. The van der Waals surface area contributed by atoms with E-state index in [1.54, 1.807) is 12.1 Å². The van der Waals surface area contributed by atoms with Crippen molar-refractivity contribution in [1.82, 2.24) is 15.1 Å². The smallest absolute Gasteiger partial charge is 0.233 e. The van der Waals surface area contributed by atoms with Crippen molar-refractivity contribution in [3.63, 3.8) is 0 Å². The van der Waals surface area contributed by atoms with Crippen LogP contribution in [0.25, 0.3) is 0 Å². The summed E-state index contributed by atoms with van der Waals surface area (Å²) < 4.78 is 10.8. The first kappa shape index (κ1) is 17.5. The van der Waals surface area contributed by atoms with Gasteiger partial charge in [-0.05, 0) is 24.1 Å². The van der Waals surface area contributed by atoms with Crippen molar-refractivity contribution < 1.29 is 14.3 Å². The fourth-order valence-corrected chi connectivity index (χ4v) is 3.02. The van der Waals surface area contributed by atoms with Gasteiger partial charge in [0, 0.05) is 36.5 Å². The van der Waals surface area contributed by atoms with Crippen LogP contribution in [-0.2, 0) is 11.2 Å². The third-order valence-corrected chi connectivity index (χ3v) is 4.36. The molecule has 1 aliphatic heterocycles.